The van der Waals surface area contributed by atoms with Crippen LogP contribution >= 0.6 is 23.2 Å². The number of hydrogen-bond donors (Lipinski definition) is 2. The number of amides is 3. The van der Waals surface area contributed by atoms with Crippen LogP contribution in [0.25, 0.3) is 0 Å². The molecule has 0 aliphatic carbocycles. The molecule has 2 heterocycles. The summed E-state index contributed by atoms with van der Waals surface area (Å²) in [5, 5.41) is 10.9. The average Bonchev–Trinajstić information content (AvgIpc) is 2.71. The topological polar surface area (TPSA) is 89.0 Å². The maximum Gasteiger partial charge on any atom is 0.410 e. The van der Waals surface area contributed by atoms with Crippen LogP contribution in [0.5, 0.6) is 0 Å². The number of likely N-dealkylation sites (N-methyl/N-ethyl adjacent to an activating group) is 1. The number of amidine groups is 1. The zero-order chi connectivity index (χ0) is 18.3. The number of urea groups is 1. The van der Waals surface area contributed by atoms with Gasteiger partial charge in [0.25, 0.3) is 0 Å². The largest absolute Gasteiger partial charge is 0.444 e. The first-order chi connectivity index (χ1) is 11.0. The van der Waals surface area contributed by atoms with Gasteiger partial charge in [0, 0.05) is 33.2 Å². The summed E-state index contributed by atoms with van der Waals surface area (Å²) in [6, 6.07) is -0.430. The molecule has 1 unspecified atom stereocenters. The van der Waals surface area contributed by atoms with Crippen molar-refractivity contribution in [1.82, 2.24) is 20.0 Å². The first kappa shape index (κ1) is 19.1. The molecule has 24 heavy (non-hydrogen) atoms. The molecule has 2 rings (SSSR count). The van der Waals surface area contributed by atoms with Gasteiger partial charge < -0.3 is 15.0 Å². The minimum absolute atomic E-state index is 0.00628. The summed E-state index contributed by atoms with van der Waals surface area (Å²) >= 11 is 12.2. The Morgan fingerprint density at radius 1 is 1.29 bits per heavy atom. The zero-order valence-corrected chi connectivity index (χ0v) is 15.7. The molecule has 2 N–H and O–H groups in total. The molecular weight excluding hydrogens is 357 g/mol. The summed E-state index contributed by atoms with van der Waals surface area (Å²) in [5.41, 5.74) is -1.84. The Morgan fingerprint density at radius 2 is 1.83 bits per heavy atom. The van der Waals surface area contributed by atoms with Gasteiger partial charge in [0.05, 0.1) is 0 Å². The van der Waals surface area contributed by atoms with Crippen molar-refractivity contribution in [3.05, 3.63) is 0 Å². The fraction of sp³-hybridized carbons (Fsp3) is 0.786. The van der Waals surface area contributed by atoms with E-state index in [0.717, 1.165) is 0 Å². The molecule has 3 amide bonds. The Bertz CT molecular complexity index is 543. The Balaban J connectivity index is 2.09. The third-order valence-electron chi connectivity index (χ3n) is 4.04. The molecule has 10 heteroatoms. The van der Waals surface area contributed by atoms with Crippen molar-refractivity contribution in [2.75, 3.05) is 33.2 Å². The van der Waals surface area contributed by atoms with Gasteiger partial charge in [0.15, 0.2) is 10.5 Å². The number of nitrogens with one attached hydrogen (secondary N) is 2. The lowest BCUT2D eigenvalue weighted by Crippen LogP contribution is -2.68. The van der Waals surface area contributed by atoms with Crippen molar-refractivity contribution in [1.29, 1.82) is 5.41 Å². The molecule has 0 radical (unpaired) electrons. The van der Waals surface area contributed by atoms with E-state index in [1.807, 2.05) is 25.7 Å². The quantitative estimate of drug-likeness (QED) is 0.714. The van der Waals surface area contributed by atoms with E-state index >= 15 is 0 Å². The average molecular weight is 380 g/mol. The Kier molecular flexibility index (Phi) is 5.22. The van der Waals surface area contributed by atoms with Gasteiger partial charge in [-0.25, -0.2) is 9.59 Å². The lowest BCUT2D eigenvalue weighted by molar-refractivity contribution is 0.00541. The van der Waals surface area contributed by atoms with E-state index in [1.54, 1.807) is 4.90 Å². The molecule has 136 valence electrons. The van der Waals surface area contributed by atoms with Crippen molar-refractivity contribution < 1.29 is 14.3 Å². The Morgan fingerprint density at radius 3 is 2.21 bits per heavy atom. The maximum absolute atomic E-state index is 12.1. The summed E-state index contributed by atoms with van der Waals surface area (Å²) in [5.74, 6) is -0.00628. The first-order valence-electron chi connectivity index (χ1n) is 7.65. The van der Waals surface area contributed by atoms with Crippen LogP contribution in [-0.2, 0) is 4.74 Å². The first-order valence-corrected chi connectivity index (χ1v) is 8.52. The van der Waals surface area contributed by atoms with Crippen LogP contribution in [0.4, 0.5) is 9.59 Å². The molecule has 0 spiro atoms. The van der Waals surface area contributed by atoms with Gasteiger partial charge in [-0.15, -0.1) is 23.2 Å². The number of carbonyl (C=O) groups is 2. The number of carbonyl (C=O) groups excluding carboxylic acids is 2. The highest BCUT2D eigenvalue weighted by atomic mass is 35.5. The standard InChI is InChI=1S/C14H23Cl2N5O3/c1-13(2,3)24-12(23)20-5-7-21(8-6-20)14(9(15)16)10(17)19(4)11(22)18-14/h9,17H,5-8H2,1-4H3,(H,18,22). The number of rotatable bonds is 2. The van der Waals surface area contributed by atoms with Crippen molar-refractivity contribution >= 4 is 41.2 Å². The van der Waals surface area contributed by atoms with Gasteiger partial charge in [-0.05, 0) is 20.8 Å². The van der Waals surface area contributed by atoms with Crippen molar-refractivity contribution in [3.63, 3.8) is 0 Å². The van der Waals surface area contributed by atoms with Crippen molar-refractivity contribution in [3.8, 4) is 0 Å². The predicted molar refractivity (Wildman–Crippen MR) is 91.6 cm³/mol. The molecule has 1 atom stereocenters. The van der Waals surface area contributed by atoms with E-state index < -0.39 is 22.1 Å². The van der Waals surface area contributed by atoms with Crippen LogP contribution in [0.2, 0.25) is 0 Å². The lowest BCUT2D eigenvalue weighted by atomic mass is 10.1. The van der Waals surface area contributed by atoms with E-state index in [2.05, 4.69) is 5.32 Å². The van der Waals surface area contributed by atoms with Crippen LogP contribution in [-0.4, -0.2) is 82.0 Å². The molecule has 2 aliphatic rings. The Hall–Kier alpha value is -1.25. The molecule has 2 saturated heterocycles. The number of hydrogen-bond acceptors (Lipinski definition) is 5. The fourth-order valence-electron chi connectivity index (χ4n) is 2.76. The van der Waals surface area contributed by atoms with E-state index in [4.69, 9.17) is 33.3 Å². The van der Waals surface area contributed by atoms with Crippen LogP contribution < -0.4 is 5.32 Å². The lowest BCUT2D eigenvalue weighted by Gasteiger charge is -2.45. The Labute approximate surface area is 151 Å². The number of piperazine rings is 1. The second kappa shape index (κ2) is 6.57. The van der Waals surface area contributed by atoms with Crippen LogP contribution in [0.15, 0.2) is 0 Å². The summed E-state index contributed by atoms with van der Waals surface area (Å²) in [6.07, 6.45) is -0.382. The SMILES string of the molecule is CN1C(=N)C(C(Cl)Cl)(N2CCN(C(=O)OC(C)(C)C)CC2)NC1=O. The van der Waals surface area contributed by atoms with Crippen molar-refractivity contribution in [2.24, 2.45) is 0 Å². The van der Waals surface area contributed by atoms with Gasteiger partial charge in [0.2, 0.25) is 0 Å². The number of ether oxygens (including phenoxy) is 1. The highest BCUT2D eigenvalue weighted by Crippen LogP contribution is 2.32. The van der Waals surface area contributed by atoms with E-state index in [1.165, 1.54) is 11.9 Å². The van der Waals surface area contributed by atoms with E-state index in [-0.39, 0.29) is 11.9 Å². The monoisotopic (exact) mass is 379 g/mol. The van der Waals surface area contributed by atoms with Crippen LogP contribution in [0, 0.1) is 5.41 Å². The molecule has 0 saturated carbocycles. The highest BCUT2D eigenvalue weighted by molar-refractivity contribution is 6.47. The summed E-state index contributed by atoms with van der Waals surface area (Å²) in [6.45, 7) is 7.04. The summed E-state index contributed by atoms with van der Waals surface area (Å²) in [4.78, 5) is 27.6. The molecule has 0 bridgehead atoms. The number of halogens is 2. The molecular formula is C14H23Cl2N5O3. The van der Waals surface area contributed by atoms with Gasteiger partial charge in [-0.2, -0.15) is 0 Å². The molecule has 8 nitrogen and oxygen atoms in total. The van der Waals surface area contributed by atoms with Crippen LogP contribution in [0.1, 0.15) is 20.8 Å². The maximum atomic E-state index is 12.1. The second-order valence-electron chi connectivity index (χ2n) is 6.86. The minimum Gasteiger partial charge on any atom is -0.444 e. The van der Waals surface area contributed by atoms with Gasteiger partial charge in [-0.3, -0.25) is 15.2 Å². The molecule has 0 aromatic heterocycles. The molecule has 2 fully saturated rings. The van der Waals surface area contributed by atoms with E-state index in [9.17, 15) is 9.59 Å². The normalized spacial score (nSPS) is 26.1. The molecule has 0 aromatic carbocycles. The summed E-state index contributed by atoms with van der Waals surface area (Å²) < 4.78 is 5.36. The van der Waals surface area contributed by atoms with Crippen molar-refractivity contribution in [2.45, 2.75) is 36.9 Å². The van der Waals surface area contributed by atoms with Gasteiger partial charge >= 0.3 is 12.1 Å². The van der Waals surface area contributed by atoms with Gasteiger partial charge in [0.1, 0.15) is 11.4 Å². The highest BCUT2D eigenvalue weighted by Gasteiger charge is 2.56. The molecule has 2 aliphatic heterocycles. The predicted octanol–water partition coefficient (Wildman–Crippen LogP) is 1.67. The van der Waals surface area contributed by atoms with Gasteiger partial charge in [-0.1, -0.05) is 0 Å². The minimum atomic E-state index is -1.28. The second-order valence-corrected chi connectivity index (χ2v) is 7.96. The smallest absolute Gasteiger partial charge is 0.410 e. The molecule has 0 aromatic rings. The number of alkyl halides is 2. The number of nitrogens with zero attached hydrogens (tertiary/aromatic N) is 3. The fourth-order valence-corrected chi connectivity index (χ4v) is 3.35. The van der Waals surface area contributed by atoms with Crippen LogP contribution in [0.3, 0.4) is 0 Å². The third-order valence-corrected chi connectivity index (χ3v) is 4.68. The summed E-state index contributed by atoms with van der Waals surface area (Å²) in [7, 11) is 1.49. The zero-order valence-electron chi connectivity index (χ0n) is 14.2. The third kappa shape index (κ3) is 3.41. The van der Waals surface area contributed by atoms with E-state index in [0.29, 0.717) is 26.2 Å².